The predicted molar refractivity (Wildman–Crippen MR) is 107 cm³/mol. The Morgan fingerprint density at radius 2 is 1.79 bits per heavy atom. The van der Waals surface area contributed by atoms with Gasteiger partial charge in [-0.15, -0.1) is 0 Å². The number of carbonyl (C=O) groups is 2. The summed E-state index contributed by atoms with van der Waals surface area (Å²) in [7, 11) is -2.53. The molecule has 0 atom stereocenters. The van der Waals surface area contributed by atoms with Crippen LogP contribution in [0, 0.1) is 6.92 Å². The van der Waals surface area contributed by atoms with Gasteiger partial charge in [-0.25, -0.2) is 13.2 Å². The fraction of sp³-hybridized carbons (Fsp3) is 0.263. The average molecular weight is 425 g/mol. The van der Waals surface area contributed by atoms with Gasteiger partial charge in [-0.1, -0.05) is 17.7 Å². The Labute approximate surface area is 169 Å². The van der Waals surface area contributed by atoms with E-state index < -0.39 is 28.4 Å². The number of amides is 1. The molecule has 1 amide bonds. The van der Waals surface area contributed by atoms with E-state index in [1.165, 1.54) is 31.3 Å². The van der Waals surface area contributed by atoms with Gasteiger partial charge in [-0.05, 0) is 55.8 Å². The molecule has 9 heteroatoms. The number of anilines is 1. The van der Waals surface area contributed by atoms with Gasteiger partial charge in [-0.2, -0.15) is 4.31 Å². The van der Waals surface area contributed by atoms with E-state index in [9.17, 15) is 18.0 Å². The van der Waals surface area contributed by atoms with Crippen molar-refractivity contribution in [3.05, 3.63) is 58.6 Å². The first-order valence-corrected chi connectivity index (χ1v) is 10.3. The fourth-order valence-electron chi connectivity index (χ4n) is 2.46. The lowest BCUT2D eigenvalue weighted by atomic mass is 10.1. The van der Waals surface area contributed by atoms with Crippen LogP contribution in [0.2, 0.25) is 5.02 Å². The lowest BCUT2D eigenvalue weighted by Gasteiger charge is -2.18. The number of halogens is 1. The molecule has 0 heterocycles. The molecule has 0 aliphatic rings. The van der Waals surface area contributed by atoms with Crippen LogP contribution in [0.25, 0.3) is 0 Å². The number of carbonyl (C=O) groups excluding carboxylic acids is 2. The lowest BCUT2D eigenvalue weighted by Crippen LogP contribution is -2.35. The minimum atomic E-state index is -3.84. The van der Waals surface area contributed by atoms with E-state index in [0.29, 0.717) is 21.8 Å². The number of rotatable bonds is 7. The van der Waals surface area contributed by atoms with Crippen LogP contribution < -0.4 is 5.32 Å². The largest absolute Gasteiger partial charge is 0.462 e. The van der Waals surface area contributed by atoms with Gasteiger partial charge >= 0.3 is 5.97 Å². The van der Waals surface area contributed by atoms with Gasteiger partial charge in [0.05, 0.1) is 23.6 Å². The number of nitrogens with one attached hydrogen (secondary N) is 1. The first-order chi connectivity index (χ1) is 13.2. The molecule has 7 nitrogen and oxygen atoms in total. The van der Waals surface area contributed by atoms with Crippen molar-refractivity contribution in [2.75, 3.05) is 25.5 Å². The van der Waals surface area contributed by atoms with Crippen molar-refractivity contribution >= 4 is 39.2 Å². The monoisotopic (exact) mass is 424 g/mol. The van der Waals surface area contributed by atoms with Gasteiger partial charge in [0.15, 0.2) is 0 Å². The molecule has 28 heavy (non-hydrogen) atoms. The topological polar surface area (TPSA) is 92.8 Å². The third-order valence-corrected chi connectivity index (χ3v) is 6.06. The molecule has 2 aromatic carbocycles. The summed E-state index contributed by atoms with van der Waals surface area (Å²) in [5, 5.41) is 3.05. The maximum Gasteiger partial charge on any atom is 0.338 e. The number of esters is 1. The molecular weight excluding hydrogens is 404 g/mol. The summed E-state index contributed by atoms with van der Waals surface area (Å²) >= 11 is 5.78. The van der Waals surface area contributed by atoms with Crippen molar-refractivity contribution in [3.8, 4) is 0 Å². The normalized spacial score (nSPS) is 11.3. The highest BCUT2D eigenvalue weighted by molar-refractivity contribution is 7.89. The van der Waals surface area contributed by atoms with E-state index in [1.54, 1.807) is 32.0 Å². The van der Waals surface area contributed by atoms with E-state index in [4.69, 9.17) is 16.3 Å². The number of ether oxygens (including phenoxy) is 1. The van der Waals surface area contributed by atoms with Crippen LogP contribution in [0.1, 0.15) is 22.8 Å². The summed E-state index contributed by atoms with van der Waals surface area (Å²) < 4.78 is 31.0. The molecule has 0 aliphatic heterocycles. The summed E-state index contributed by atoms with van der Waals surface area (Å²) in [6.45, 7) is 3.22. The zero-order valence-electron chi connectivity index (χ0n) is 15.7. The molecule has 1 N–H and O–H groups in total. The summed E-state index contributed by atoms with van der Waals surface area (Å²) in [5.41, 5.74) is 1.28. The van der Waals surface area contributed by atoms with Crippen molar-refractivity contribution in [3.63, 3.8) is 0 Å². The molecule has 2 rings (SSSR count). The van der Waals surface area contributed by atoms with Gasteiger partial charge < -0.3 is 10.1 Å². The fourth-order valence-corrected chi connectivity index (χ4v) is 3.72. The average Bonchev–Trinajstić information content (AvgIpc) is 2.63. The Bertz CT molecular complexity index is 974. The number of hydrogen-bond donors (Lipinski definition) is 1. The Morgan fingerprint density at radius 1 is 1.14 bits per heavy atom. The van der Waals surface area contributed by atoms with E-state index in [0.717, 1.165) is 4.31 Å². The Balaban J connectivity index is 2.12. The number of sulfonamides is 1. The second-order valence-corrected chi connectivity index (χ2v) is 8.44. The molecule has 0 spiro atoms. The molecule has 0 saturated carbocycles. The molecule has 0 aliphatic carbocycles. The number of benzene rings is 2. The highest BCUT2D eigenvalue weighted by Gasteiger charge is 2.23. The van der Waals surface area contributed by atoms with Crippen molar-refractivity contribution < 1.29 is 22.7 Å². The van der Waals surface area contributed by atoms with Gasteiger partial charge in [0, 0.05) is 17.8 Å². The summed E-state index contributed by atoms with van der Waals surface area (Å²) in [5.74, 6) is -1.03. The Kier molecular flexibility index (Phi) is 7.17. The third kappa shape index (κ3) is 5.09. The summed E-state index contributed by atoms with van der Waals surface area (Å²) in [4.78, 5) is 24.4. The highest BCUT2D eigenvalue weighted by atomic mass is 35.5. The predicted octanol–water partition coefficient (Wildman–Crippen LogP) is 3.08. The van der Waals surface area contributed by atoms with Crippen molar-refractivity contribution in [2.24, 2.45) is 0 Å². The van der Waals surface area contributed by atoms with Crippen LogP contribution in [-0.2, 0) is 19.6 Å². The van der Waals surface area contributed by atoms with Crippen LogP contribution in [0.3, 0.4) is 0 Å². The van der Waals surface area contributed by atoms with Crippen LogP contribution in [0.15, 0.2) is 47.4 Å². The number of hydrogen-bond acceptors (Lipinski definition) is 5. The Morgan fingerprint density at radius 3 is 2.39 bits per heavy atom. The maximum atomic E-state index is 12.6. The van der Waals surface area contributed by atoms with Crippen molar-refractivity contribution in [2.45, 2.75) is 18.7 Å². The molecule has 0 radical (unpaired) electrons. The summed E-state index contributed by atoms with van der Waals surface area (Å²) in [6.07, 6.45) is 0. The van der Waals surface area contributed by atoms with Crippen molar-refractivity contribution in [1.29, 1.82) is 0 Å². The second kappa shape index (κ2) is 9.18. The molecule has 150 valence electrons. The molecule has 0 aromatic heterocycles. The minimum Gasteiger partial charge on any atom is -0.462 e. The van der Waals surface area contributed by atoms with E-state index in [-0.39, 0.29) is 11.5 Å². The second-order valence-electron chi connectivity index (χ2n) is 5.96. The smallest absolute Gasteiger partial charge is 0.338 e. The SMILES string of the molecule is CCOC(=O)c1cccc(NC(=O)CN(C)S(=O)(=O)c2ccc(Cl)cc2)c1C. The highest BCUT2D eigenvalue weighted by Crippen LogP contribution is 2.21. The first kappa shape index (κ1) is 21.9. The van der Waals surface area contributed by atoms with Crippen LogP contribution in [-0.4, -0.2) is 44.8 Å². The standard InChI is InChI=1S/C19H21ClN2O5S/c1-4-27-19(24)16-6-5-7-17(13(16)2)21-18(23)12-22(3)28(25,26)15-10-8-14(20)9-11-15/h5-11H,4,12H2,1-3H3,(H,21,23). The van der Waals surface area contributed by atoms with Gasteiger partial charge in [-0.3, -0.25) is 4.79 Å². The van der Waals surface area contributed by atoms with Crippen LogP contribution in [0.5, 0.6) is 0 Å². The lowest BCUT2D eigenvalue weighted by molar-refractivity contribution is -0.116. The van der Waals surface area contributed by atoms with Gasteiger partial charge in [0.1, 0.15) is 0 Å². The third-order valence-electron chi connectivity index (χ3n) is 3.99. The molecule has 0 fully saturated rings. The zero-order chi connectivity index (χ0) is 20.9. The molecule has 2 aromatic rings. The summed E-state index contributed by atoms with van der Waals surface area (Å²) in [6, 6.07) is 10.5. The first-order valence-electron chi connectivity index (χ1n) is 8.45. The molecule has 0 unspecified atom stereocenters. The Hall–Kier alpha value is -2.42. The van der Waals surface area contributed by atoms with E-state index in [2.05, 4.69) is 5.32 Å². The maximum absolute atomic E-state index is 12.6. The van der Waals surface area contributed by atoms with Crippen LogP contribution in [0.4, 0.5) is 5.69 Å². The minimum absolute atomic E-state index is 0.0349. The molecule has 0 bridgehead atoms. The van der Waals surface area contributed by atoms with Crippen molar-refractivity contribution in [1.82, 2.24) is 4.31 Å². The number of likely N-dealkylation sites (N-methyl/N-ethyl adjacent to an activating group) is 1. The van der Waals surface area contributed by atoms with Crippen LogP contribution >= 0.6 is 11.6 Å². The molecule has 0 saturated heterocycles. The van der Waals surface area contributed by atoms with Gasteiger partial charge in [0.2, 0.25) is 15.9 Å². The zero-order valence-corrected chi connectivity index (χ0v) is 17.3. The number of nitrogens with zero attached hydrogens (tertiary/aromatic N) is 1. The van der Waals surface area contributed by atoms with E-state index >= 15 is 0 Å². The quantitative estimate of drug-likeness (QED) is 0.689. The molecular formula is C19H21ClN2O5S. The van der Waals surface area contributed by atoms with Gasteiger partial charge in [0.25, 0.3) is 0 Å². The van der Waals surface area contributed by atoms with E-state index in [1.807, 2.05) is 0 Å².